The number of para-hydroxylation sites is 1. The van der Waals surface area contributed by atoms with Gasteiger partial charge in [0.05, 0.1) is 16.2 Å². The number of hydrogen-bond acceptors (Lipinski definition) is 4. The van der Waals surface area contributed by atoms with Crippen molar-refractivity contribution in [3.63, 3.8) is 0 Å². The molecule has 136 valence electrons. The van der Waals surface area contributed by atoms with E-state index in [1.807, 2.05) is 34.3 Å². The molecule has 26 heavy (non-hydrogen) atoms. The fraction of sp³-hybridized carbons (Fsp3) is 0.222. The van der Waals surface area contributed by atoms with Crippen LogP contribution in [0.1, 0.15) is 10.4 Å². The van der Waals surface area contributed by atoms with Crippen LogP contribution >= 0.6 is 0 Å². The van der Waals surface area contributed by atoms with E-state index in [4.69, 9.17) is 0 Å². The molecule has 2 aromatic rings. The molecule has 0 fully saturated rings. The van der Waals surface area contributed by atoms with Crippen LogP contribution in [0.2, 0.25) is 0 Å². The molecule has 8 nitrogen and oxygen atoms in total. The van der Waals surface area contributed by atoms with Crippen LogP contribution in [-0.4, -0.2) is 54.8 Å². The molecular formula is C18H21N5O3. The van der Waals surface area contributed by atoms with E-state index in [-0.39, 0.29) is 11.3 Å². The average Bonchev–Trinajstić information content (AvgIpc) is 2.59. The van der Waals surface area contributed by atoms with Crippen molar-refractivity contribution in [2.24, 2.45) is 4.99 Å². The Morgan fingerprint density at radius 3 is 2.19 bits per heavy atom. The summed E-state index contributed by atoms with van der Waals surface area (Å²) in [7, 11) is 7.31. The third kappa shape index (κ3) is 4.56. The van der Waals surface area contributed by atoms with Gasteiger partial charge in [-0.15, -0.1) is 0 Å². The minimum absolute atomic E-state index is 0.129. The summed E-state index contributed by atoms with van der Waals surface area (Å²) >= 11 is 0. The molecule has 0 radical (unpaired) electrons. The molecule has 0 saturated heterocycles. The zero-order chi connectivity index (χ0) is 19.3. The third-order valence-corrected chi connectivity index (χ3v) is 3.49. The monoisotopic (exact) mass is 355 g/mol. The molecule has 0 aliphatic rings. The van der Waals surface area contributed by atoms with Crippen molar-refractivity contribution < 1.29 is 9.72 Å². The fourth-order valence-electron chi connectivity index (χ4n) is 2.34. The van der Waals surface area contributed by atoms with Crippen molar-refractivity contribution in [2.45, 2.75) is 0 Å². The summed E-state index contributed by atoms with van der Waals surface area (Å²) in [6, 6.07) is 12.9. The van der Waals surface area contributed by atoms with Crippen LogP contribution < -0.4 is 5.32 Å². The average molecular weight is 355 g/mol. The zero-order valence-corrected chi connectivity index (χ0v) is 15.1. The van der Waals surface area contributed by atoms with Gasteiger partial charge in [0.25, 0.3) is 11.6 Å². The number of hydrogen-bond donors (Lipinski definition) is 1. The van der Waals surface area contributed by atoms with Crippen LogP contribution in [0.3, 0.4) is 0 Å². The molecule has 0 saturated carbocycles. The highest BCUT2D eigenvalue weighted by atomic mass is 16.6. The van der Waals surface area contributed by atoms with Crippen LogP contribution in [0, 0.1) is 10.1 Å². The van der Waals surface area contributed by atoms with Gasteiger partial charge < -0.3 is 15.1 Å². The van der Waals surface area contributed by atoms with Gasteiger partial charge >= 0.3 is 0 Å². The van der Waals surface area contributed by atoms with Crippen molar-refractivity contribution in [3.05, 3.63) is 64.2 Å². The van der Waals surface area contributed by atoms with E-state index < -0.39 is 10.8 Å². The Morgan fingerprint density at radius 2 is 1.65 bits per heavy atom. The highest BCUT2D eigenvalue weighted by molar-refractivity contribution is 6.08. The van der Waals surface area contributed by atoms with Crippen molar-refractivity contribution >= 4 is 28.9 Å². The number of anilines is 1. The van der Waals surface area contributed by atoms with Crippen LogP contribution in [-0.2, 0) is 0 Å². The molecular weight excluding hydrogens is 334 g/mol. The number of nitro benzene ring substituents is 1. The largest absolute Gasteiger partial charge is 0.349 e. The Labute approximate surface area is 151 Å². The van der Waals surface area contributed by atoms with Gasteiger partial charge in [0, 0.05) is 46.0 Å². The molecule has 0 atom stereocenters. The third-order valence-electron chi connectivity index (χ3n) is 3.49. The highest BCUT2D eigenvalue weighted by Crippen LogP contribution is 2.26. The van der Waals surface area contributed by atoms with Crippen LogP contribution in [0.4, 0.5) is 17.1 Å². The van der Waals surface area contributed by atoms with E-state index in [1.165, 1.54) is 18.2 Å². The van der Waals surface area contributed by atoms with Gasteiger partial charge in [-0.25, -0.2) is 4.99 Å². The molecule has 0 bridgehead atoms. The maximum atomic E-state index is 12.7. The number of guanidine groups is 1. The molecule has 0 aliphatic carbocycles. The summed E-state index contributed by atoms with van der Waals surface area (Å²) in [6.07, 6.45) is 0. The molecule has 8 heteroatoms. The first-order valence-corrected chi connectivity index (χ1v) is 7.87. The lowest BCUT2D eigenvalue weighted by Crippen LogP contribution is -2.35. The van der Waals surface area contributed by atoms with Crippen LogP contribution in [0.15, 0.2) is 53.5 Å². The van der Waals surface area contributed by atoms with Gasteiger partial charge in [-0.1, -0.05) is 18.2 Å². The van der Waals surface area contributed by atoms with E-state index in [1.54, 1.807) is 34.1 Å². The topological polar surface area (TPSA) is 91.1 Å². The van der Waals surface area contributed by atoms with Crippen LogP contribution in [0.5, 0.6) is 0 Å². The normalized spacial score (nSPS) is 10.0. The number of benzene rings is 2. The van der Waals surface area contributed by atoms with Gasteiger partial charge in [0.15, 0.2) is 0 Å². The van der Waals surface area contributed by atoms with E-state index in [0.717, 1.165) is 0 Å². The Hall–Kier alpha value is -3.42. The Bertz CT molecular complexity index is 822. The van der Waals surface area contributed by atoms with Gasteiger partial charge in [0.2, 0.25) is 5.96 Å². The highest BCUT2D eigenvalue weighted by Gasteiger charge is 2.18. The number of amides is 1. The summed E-state index contributed by atoms with van der Waals surface area (Å²) in [5.74, 6) is 0.142. The lowest BCUT2D eigenvalue weighted by atomic mass is 10.1. The minimum Gasteiger partial charge on any atom is -0.349 e. The van der Waals surface area contributed by atoms with Crippen molar-refractivity contribution in [1.29, 1.82) is 0 Å². The zero-order valence-electron chi connectivity index (χ0n) is 15.1. The first-order valence-electron chi connectivity index (χ1n) is 7.87. The first kappa shape index (κ1) is 18.9. The molecule has 1 amide bonds. The van der Waals surface area contributed by atoms with Crippen molar-refractivity contribution in [2.75, 3.05) is 33.5 Å². The van der Waals surface area contributed by atoms with Gasteiger partial charge in [0.1, 0.15) is 0 Å². The first-order chi connectivity index (χ1) is 12.3. The number of nitro groups is 1. The molecule has 0 unspecified atom stereocenters. The number of non-ortho nitro benzene ring substituents is 1. The van der Waals surface area contributed by atoms with E-state index in [0.29, 0.717) is 17.3 Å². The summed E-state index contributed by atoms with van der Waals surface area (Å²) in [6.45, 7) is 0. The lowest BCUT2D eigenvalue weighted by Gasteiger charge is -2.23. The number of aliphatic imine (C=N–C) groups is 1. The smallest absolute Gasteiger partial charge is 0.270 e. The Balaban J connectivity index is 2.50. The van der Waals surface area contributed by atoms with E-state index >= 15 is 0 Å². The number of rotatable bonds is 4. The summed E-state index contributed by atoms with van der Waals surface area (Å²) in [4.78, 5) is 31.4. The standard InChI is InChI=1S/C18H21N5O3/c1-21(2)18(22(3)4)20-16-11-10-14(23(25)26)12-15(16)17(24)19-13-8-6-5-7-9-13/h5-12H,1-4H3,(H,19,24). The molecule has 2 aromatic carbocycles. The quantitative estimate of drug-likeness (QED) is 0.394. The van der Waals surface area contributed by atoms with Gasteiger partial charge in [-0.2, -0.15) is 0 Å². The number of carbonyl (C=O) groups is 1. The number of nitrogens with zero attached hydrogens (tertiary/aromatic N) is 4. The second-order valence-electron chi connectivity index (χ2n) is 5.98. The number of nitrogens with one attached hydrogen (secondary N) is 1. The summed E-state index contributed by atoms with van der Waals surface area (Å²) < 4.78 is 0. The fourth-order valence-corrected chi connectivity index (χ4v) is 2.34. The summed E-state index contributed by atoms with van der Waals surface area (Å²) in [5.41, 5.74) is 0.906. The molecule has 0 aromatic heterocycles. The van der Waals surface area contributed by atoms with Crippen molar-refractivity contribution in [3.8, 4) is 0 Å². The lowest BCUT2D eigenvalue weighted by molar-refractivity contribution is -0.384. The maximum Gasteiger partial charge on any atom is 0.270 e. The predicted octanol–water partition coefficient (Wildman–Crippen LogP) is 2.96. The molecule has 0 aliphatic heterocycles. The maximum absolute atomic E-state index is 12.7. The number of carbonyl (C=O) groups excluding carboxylic acids is 1. The molecule has 2 rings (SSSR count). The van der Waals surface area contributed by atoms with E-state index in [9.17, 15) is 14.9 Å². The SMILES string of the molecule is CN(C)C(=Nc1ccc([N+](=O)[O-])cc1C(=O)Nc1ccccc1)N(C)C. The predicted molar refractivity (Wildman–Crippen MR) is 102 cm³/mol. The van der Waals surface area contributed by atoms with Gasteiger partial charge in [-0.05, 0) is 18.2 Å². The van der Waals surface area contributed by atoms with Gasteiger partial charge in [-0.3, -0.25) is 14.9 Å². The minimum atomic E-state index is -0.536. The second-order valence-corrected chi connectivity index (χ2v) is 5.98. The Kier molecular flexibility index (Phi) is 5.90. The van der Waals surface area contributed by atoms with Crippen molar-refractivity contribution in [1.82, 2.24) is 9.80 Å². The molecule has 0 spiro atoms. The van der Waals surface area contributed by atoms with E-state index in [2.05, 4.69) is 10.3 Å². The molecule has 1 N–H and O–H groups in total. The molecule has 0 heterocycles. The van der Waals surface area contributed by atoms with Crippen LogP contribution in [0.25, 0.3) is 0 Å². The Morgan fingerprint density at radius 1 is 1.04 bits per heavy atom. The second kappa shape index (κ2) is 8.11. The summed E-state index contributed by atoms with van der Waals surface area (Å²) in [5, 5.41) is 13.8.